The van der Waals surface area contributed by atoms with E-state index in [1.165, 1.54) is 0 Å². The summed E-state index contributed by atoms with van der Waals surface area (Å²) in [5.74, 6) is 1.50. The second-order valence-electron chi connectivity index (χ2n) is 3.53. The van der Waals surface area contributed by atoms with E-state index in [0.29, 0.717) is 5.92 Å². The Labute approximate surface area is 80.4 Å². The van der Waals surface area contributed by atoms with E-state index in [1.807, 2.05) is 6.07 Å². The summed E-state index contributed by atoms with van der Waals surface area (Å²) in [5.41, 5.74) is 1.15. The van der Waals surface area contributed by atoms with Crippen LogP contribution in [0.5, 0.6) is 0 Å². The molecule has 0 spiro atoms. The van der Waals surface area contributed by atoms with Gasteiger partial charge in [0.2, 0.25) is 0 Å². The lowest BCUT2D eigenvalue weighted by atomic mass is 10.1. The SMILES string of the molecule is CCCNc1cccc(C(C)C)n1. The van der Waals surface area contributed by atoms with Gasteiger partial charge in [-0.05, 0) is 24.5 Å². The highest BCUT2D eigenvalue weighted by molar-refractivity contribution is 5.35. The minimum atomic E-state index is 0.503. The van der Waals surface area contributed by atoms with Crippen molar-refractivity contribution in [2.24, 2.45) is 0 Å². The fraction of sp³-hybridized carbons (Fsp3) is 0.545. The van der Waals surface area contributed by atoms with Crippen molar-refractivity contribution in [2.75, 3.05) is 11.9 Å². The Bertz CT molecular complexity index is 256. The van der Waals surface area contributed by atoms with Crippen LogP contribution >= 0.6 is 0 Å². The maximum absolute atomic E-state index is 4.50. The molecule has 2 heteroatoms. The largest absolute Gasteiger partial charge is 0.370 e. The Kier molecular flexibility index (Phi) is 3.74. The first-order valence-corrected chi connectivity index (χ1v) is 4.95. The number of aromatic nitrogens is 1. The van der Waals surface area contributed by atoms with Crippen molar-refractivity contribution in [3.8, 4) is 0 Å². The number of hydrogen-bond acceptors (Lipinski definition) is 2. The van der Waals surface area contributed by atoms with Gasteiger partial charge in [0.1, 0.15) is 5.82 Å². The van der Waals surface area contributed by atoms with Gasteiger partial charge >= 0.3 is 0 Å². The van der Waals surface area contributed by atoms with Gasteiger partial charge < -0.3 is 5.32 Å². The summed E-state index contributed by atoms with van der Waals surface area (Å²) >= 11 is 0. The summed E-state index contributed by atoms with van der Waals surface area (Å²) in [6, 6.07) is 6.14. The first-order chi connectivity index (χ1) is 6.24. The van der Waals surface area contributed by atoms with Gasteiger partial charge in [0.25, 0.3) is 0 Å². The van der Waals surface area contributed by atoms with E-state index in [0.717, 1.165) is 24.5 Å². The van der Waals surface area contributed by atoms with E-state index in [2.05, 4.69) is 43.2 Å². The summed E-state index contributed by atoms with van der Waals surface area (Å²) in [6.45, 7) is 7.46. The van der Waals surface area contributed by atoms with Crippen molar-refractivity contribution in [3.63, 3.8) is 0 Å². The van der Waals surface area contributed by atoms with Crippen LogP contribution in [-0.2, 0) is 0 Å². The first-order valence-electron chi connectivity index (χ1n) is 4.95. The molecule has 0 aromatic carbocycles. The van der Waals surface area contributed by atoms with Gasteiger partial charge in [-0.15, -0.1) is 0 Å². The quantitative estimate of drug-likeness (QED) is 0.766. The first kappa shape index (κ1) is 10.0. The lowest BCUT2D eigenvalue weighted by Crippen LogP contribution is -2.03. The Hall–Kier alpha value is -1.05. The van der Waals surface area contributed by atoms with Gasteiger partial charge in [0.15, 0.2) is 0 Å². The molecule has 1 N–H and O–H groups in total. The Morgan fingerprint density at radius 3 is 2.77 bits per heavy atom. The van der Waals surface area contributed by atoms with Crippen molar-refractivity contribution < 1.29 is 0 Å². The lowest BCUT2D eigenvalue weighted by Gasteiger charge is -2.07. The minimum absolute atomic E-state index is 0.503. The molecular weight excluding hydrogens is 160 g/mol. The zero-order chi connectivity index (χ0) is 9.68. The van der Waals surface area contributed by atoms with E-state index in [9.17, 15) is 0 Å². The molecular formula is C11H18N2. The van der Waals surface area contributed by atoms with Crippen LogP contribution in [0.15, 0.2) is 18.2 Å². The fourth-order valence-corrected chi connectivity index (χ4v) is 1.12. The van der Waals surface area contributed by atoms with Crippen LogP contribution in [0, 0.1) is 0 Å². The molecule has 1 heterocycles. The topological polar surface area (TPSA) is 24.9 Å². The summed E-state index contributed by atoms with van der Waals surface area (Å²) in [4.78, 5) is 4.50. The lowest BCUT2D eigenvalue weighted by molar-refractivity contribution is 0.821. The van der Waals surface area contributed by atoms with Crippen LogP contribution in [0.1, 0.15) is 38.8 Å². The molecule has 0 fully saturated rings. The molecule has 0 saturated carbocycles. The molecule has 2 nitrogen and oxygen atoms in total. The van der Waals surface area contributed by atoms with Crippen LogP contribution in [-0.4, -0.2) is 11.5 Å². The number of hydrogen-bond donors (Lipinski definition) is 1. The van der Waals surface area contributed by atoms with E-state index in [4.69, 9.17) is 0 Å². The molecule has 0 radical (unpaired) electrons. The van der Waals surface area contributed by atoms with Crippen molar-refractivity contribution in [3.05, 3.63) is 23.9 Å². The van der Waals surface area contributed by atoms with Gasteiger partial charge in [0.05, 0.1) is 0 Å². The van der Waals surface area contributed by atoms with Crippen LogP contribution in [0.3, 0.4) is 0 Å². The summed E-state index contributed by atoms with van der Waals surface area (Å²) in [5, 5.41) is 3.28. The minimum Gasteiger partial charge on any atom is -0.370 e. The van der Waals surface area contributed by atoms with Crippen LogP contribution in [0.2, 0.25) is 0 Å². The average Bonchev–Trinajstić information content (AvgIpc) is 2.15. The maximum atomic E-state index is 4.50. The number of pyridine rings is 1. The predicted molar refractivity (Wildman–Crippen MR) is 57.1 cm³/mol. The molecule has 1 aromatic rings. The zero-order valence-corrected chi connectivity index (χ0v) is 8.67. The number of anilines is 1. The Balaban J connectivity index is 2.68. The predicted octanol–water partition coefficient (Wildman–Crippen LogP) is 3.03. The van der Waals surface area contributed by atoms with Gasteiger partial charge in [-0.2, -0.15) is 0 Å². The van der Waals surface area contributed by atoms with Crippen molar-refractivity contribution in [1.29, 1.82) is 0 Å². The Morgan fingerprint density at radius 1 is 1.38 bits per heavy atom. The van der Waals surface area contributed by atoms with Gasteiger partial charge in [-0.1, -0.05) is 26.8 Å². The second-order valence-corrected chi connectivity index (χ2v) is 3.53. The second kappa shape index (κ2) is 4.85. The molecule has 0 aliphatic heterocycles. The maximum Gasteiger partial charge on any atom is 0.126 e. The van der Waals surface area contributed by atoms with Crippen LogP contribution in [0.4, 0.5) is 5.82 Å². The number of nitrogens with one attached hydrogen (secondary N) is 1. The number of nitrogens with zero attached hydrogens (tertiary/aromatic N) is 1. The molecule has 0 atom stereocenters. The molecule has 1 rings (SSSR count). The fourth-order valence-electron chi connectivity index (χ4n) is 1.12. The monoisotopic (exact) mass is 178 g/mol. The highest BCUT2D eigenvalue weighted by Crippen LogP contribution is 2.13. The van der Waals surface area contributed by atoms with Crippen LogP contribution in [0.25, 0.3) is 0 Å². The summed E-state index contributed by atoms with van der Waals surface area (Å²) < 4.78 is 0. The molecule has 1 aromatic heterocycles. The summed E-state index contributed by atoms with van der Waals surface area (Å²) in [6.07, 6.45) is 1.13. The van der Waals surface area contributed by atoms with Crippen LogP contribution < -0.4 is 5.32 Å². The third kappa shape index (κ3) is 3.05. The summed E-state index contributed by atoms with van der Waals surface area (Å²) in [7, 11) is 0. The van der Waals surface area contributed by atoms with Crippen molar-refractivity contribution in [2.45, 2.75) is 33.1 Å². The highest BCUT2D eigenvalue weighted by atomic mass is 15.0. The standard InChI is InChI=1S/C11H18N2/c1-4-8-12-11-7-5-6-10(13-11)9(2)3/h5-7,9H,4,8H2,1-3H3,(H,12,13). The van der Waals surface area contributed by atoms with Gasteiger partial charge in [0, 0.05) is 12.2 Å². The number of rotatable bonds is 4. The average molecular weight is 178 g/mol. The van der Waals surface area contributed by atoms with E-state index >= 15 is 0 Å². The molecule has 0 aliphatic rings. The Morgan fingerprint density at radius 2 is 2.15 bits per heavy atom. The molecule has 0 unspecified atom stereocenters. The van der Waals surface area contributed by atoms with Crippen molar-refractivity contribution in [1.82, 2.24) is 4.98 Å². The van der Waals surface area contributed by atoms with E-state index in [-0.39, 0.29) is 0 Å². The molecule has 0 aliphatic carbocycles. The molecule has 0 bridgehead atoms. The smallest absolute Gasteiger partial charge is 0.126 e. The molecule has 72 valence electrons. The zero-order valence-electron chi connectivity index (χ0n) is 8.67. The highest BCUT2D eigenvalue weighted by Gasteiger charge is 2.00. The van der Waals surface area contributed by atoms with E-state index < -0.39 is 0 Å². The molecule has 0 amide bonds. The van der Waals surface area contributed by atoms with Gasteiger partial charge in [-0.3, -0.25) is 0 Å². The van der Waals surface area contributed by atoms with Gasteiger partial charge in [-0.25, -0.2) is 4.98 Å². The molecule has 13 heavy (non-hydrogen) atoms. The molecule has 0 saturated heterocycles. The third-order valence-electron chi connectivity index (χ3n) is 1.92. The van der Waals surface area contributed by atoms with Crippen molar-refractivity contribution >= 4 is 5.82 Å². The normalized spacial score (nSPS) is 10.5. The third-order valence-corrected chi connectivity index (χ3v) is 1.92. The van der Waals surface area contributed by atoms with E-state index in [1.54, 1.807) is 0 Å².